The maximum Gasteiger partial charge on any atom is 0.323 e. The molecule has 0 fully saturated rings. The van der Waals surface area contributed by atoms with Gasteiger partial charge in [-0.25, -0.2) is 13.6 Å². The first kappa shape index (κ1) is 21.6. The number of halogens is 3. The molecular weight excluding hydrogens is 440 g/mol. The molecule has 0 radical (unpaired) electrons. The van der Waals surface area contributed by atoms with Crippen LogP contribution >= 0.6 is 11.6 Å². The van der Waals surface area contributed by atoms with E-state index in [1.165, 1.54) is 17.0 Å². The fourth-order valence-corrected chi connectivity index (χ4v) is 3.56. The van der Waals surface area contributed by atoms with Crippen molar-refractivity contribution in [3.8, 4) is 5.75 Å². The van der Waals surface area contributed by atoms with Crippen LogP contribution in [0.2, 0.25) is 5.02 Å². The number of anilines is 2. The maximum atomic E-state index is 13.5. The normalized spacial score (nSPS) is 13.1. The number of carbonyl (C=O) groups excluding carboxylic acids is 2. The standard InChI is InChI=1S/C23H18ClF2N3O3/c24-16-2-1-3-19(9-16)27-23(31)28-20-4-5-21-15(8-20)12-29(22(30)13-32-21)11-14-6-17(25)10-18(26)7-14/h1-10H,11-13H2,(H2,27,28,31). The summed E-state index contributed by atoms with van der Waals surface area (Å²) in [6.45, 7) is -0.0339. The summed E-state index contributed by atoms with van der Waals surface area (Å²) in [5.74, 6) is -1.25. The van der Waals surface area contributed by atoms with E-state index < -0.39 is 17.7 Å². The molecule has 3 amide bonds. The van der Waals surface area contributed by atoms with Gasteiger partial charge < -0.3 is 20.3 Å². The molecule has 164 valence electrons. The SMILES string of the molecule is O=C(Nc1cccc(Cl)c1)Nc1ccc2c(c1)CN(Cc1cc(F)cc(F)c1)C(=O)CO2. The van der Waals surface area contributed by atoms with Crippen LogP contribution in [0.4, 0.5) is 25.0 Å². The molecule has 0 saturated carbocycles. The predicted molar refractivity (Wildman–Crippen MR) is 117 cm³/mol. The Morgan fingerprint density at radius 2 is 1.72 bits per heavy atom. The Hall–Kier alpha value is -3.65. The van der Waals surface area contributed by atoms with Gasteiger partial charge in [0.15, 0.2) is 6.61 Å². The van der Waals surface area contributed by atoms with Crippen LogP contribution in [0, 0.1) is 11.6 Å². The van der Waals surface area contributed by atoms with Crippen molar-refractivity contribution in [2.45, 2.75) is 13.1 Å². The van der Waals surface area contributed by atoms with E-state index in [2.05, 4.69) is 10.6 Å². The summed E-state index contributed by atoms with van der Waals surface area (Å²) in [5.41, 5.74) is 1.99. The number of urea groups is 1. The number of hydrogen-bond acceptors (Lipinski definition) is 3. The fraction of sp³-hybridized carbons (Fsp3) is 0.130. The van der Waals surface area contributed by atoms with Crippen LogP contribution in [0.5, 0.6) is 5.75 Å². The van der Waals surface area contributed by atoms with Crippen molar-refractivity contribution in [1.82, 2.24) is 4.90 Å². The topological polar surface area (TPSA) is 70.7 Å². The number of fused-ring (bicyclic) bond motifs is 1. The van der Waals surface area contributed by atoms with Gasteiger partial charge in [0, 0.05) is 41.1 Å². The second kappa shape index (κ2) is 9.23. The van der Waals surface area contributed by atoms with E-state index in [4.69, 9.17) is 16.3 Å². The minimum absolute atomic E-state index is 0.0171. The van der Waals surface area contributed by atoms with Gasteiger partial charge in [-0.2, -0.15) is 0 Å². The van der Waals surface area contributed by atoms with Crippen LogP contribution in [0.25, 0.3) is 0 Å². The molecule has 1 aliphatic heterocycles. The molecule has 3 aromatic rings. The van der Waals surface area contributed by atoms with Crippen molar-refractivity contribution >= 4 is 34.9 Å². The van der Waals surface area contributed by atoms with Crippen LogP contribution in [-0.2, 0) is 17.9 Å². The lowest BCUT2D eigenvalue weighted by molar-refractivity contribution is -0.133. The minimum atomic E-state index is -0.712. The Kier molecular flexibility index (Phi) is 6.23. The molecule has 4 rings (SSSR count). The van der Waals surface area contributed by atoms with Crippen LogP contribution in [0.15, 0.2) is 60.7 Å². The second-order valence-corrected chi connectivity index (χ2v) is 7.66. The summed E-state index contributed by atoms with van der Waals surface area (Å²) >= 11 is 5.92. The van der Waals surface area contributed by atoms with Gasteiger partial charge in [0.25, 0.3) is 5.91 Å². The van der Waals surface area contributed by atoms with Gasteiger partial charge in [-0.1, -0.05) is 17.7 Å². The van der Waals surface area contributed by atoms with Crippen molar-refractivity contribution in [1.29, 1.82) is 0 Å². The van der Waals surface area contributed by atoms with Gasteiger partial charge in [0.05, 0.1) is 0 Å². The number of ether oxygens (including phenoxy) is 1. The first-order chi connectivity index (χ1) is 15.4. The lowest BCUT2D eigenvalue weighted by Crippen LogP contribution is -2.32. The number of nitrogens with zero attached hydrogens (tertiary/aromatic N) is 1. The Morgan fingerprint density at radius 3 is 2.44 bits per heavy atom. The lowest BCUT2D eigenvalue weighted by atomic mass is 10.1. The molecule has 0 aliphatic carbocycles. The fourth-order valence-electron chi connectivity index (χ4n) is 3.37. The summed E-state index contributed by atoms with van der Waals surface area (Å²) in [6.07, 6.45) is 0. The number of carbonyl (C=O) groups is 2. The van der Waals surface area contributed by atoms with E-state index in [-0.39, 0.29) is 25.6 Å². The number of amides is 3. The molecule has 0 atom stereocenters. The molecule has 0 spiro atoms. The molecule has 0 bridgehead atoms. The average molecular weight is 458 g/mol. The molecule has 1 aliphatic rings. The van der Waals surface area contributed by atoms with E-state index in [9.17, 15) is 18.4 Å². The Balaban J connectivity index is 1.49. The third kappa shape index (κ3) is 5.33. The number of rotatable bonds is 4. The highest BCUT2D eigenvalue weighted by Crippen LogP contribution is 2.28. The van der Waals surface area contributed by atoms with Crippen molar-refractivity contribution in [2.24, 2.45) is 0 Å². The van der Waals surface area contributed by atoms with Crippen LogP contribution < -0.4 is 15.4 Å². The highest BCUT2D eigenvalue weighted by Gasteiger charge is 2.22. The second-order valence-electron chi connectivity index (χ2n) is 7.23. The van der Waals surface area contributed by atoms with Crippen molar-refractivity contribution in [2.75, 3.05) is 17.2 Å². The summed E-state index contributed by atoms with van der Waals surface area (Å²) < 4.78 is 32.6. The Labute approximate surface area is 187 Å². The van der Waals surface area contributed by atoms with Crippen LogP contribution in [0.3, 0.4) is 0 Å². The highest BCUT2D eigenvalue weighted by atomic mass is 35.5. The first-order valence-corrected chi connectivity index (χ1v) is 10.1. The first-order valence-electron chi connectivity index (χ1n) is 9.68. The number of benzene rings is 3. The molecule has 3 aromatic carbocycles. The Bertz CT molecular complexity index is 1170. The lowest BCUT2D eigenvalue weighted by Gasteiger charge is -2.20. The number of nitrogens with one attached hydrogen (secondary N) is 2. The van der Waals surface area contributed by atoms with Gasteiger partial charge in [-0.05, 0) is 54.1 Å². The van der Waals surface area contributed by atoms with E-state index in [0.717, 1.165) is 6.07 Å². The molecule has 6 nitrogen and oxygen atoms in total. The third-order valence-corrected chi connectivity index (χ3v) is 5.00. The van der Waals surface area contributed by atoms with E-state index in [1.54, 1.807) is 42.5 Å². The average Bonchev–Trinajstić information content (AvgIpc) is 2.86. The summed E-state index contributed by atoms with van der Waals surface area (Å²) in [5, 5.41) is 5.89. The Morgan fingerprint density at radius 1 is 1.00 bits per heavy atom. The van der Waals surface area contributed by atoms with E-state index >= 15 is 0 Å². The summed E-state index contributed by atoms with van der Waals surface area (Å²) in [6, 6.07) is 14.4. The monoisotopic (exact) mass is 457 g/mol. The van der Waals surface area contributed by atoms with E-state index in [0.29, 0.717) is 33.3 Å². The van der Waals surface area contributed by atoms with Crippen molar-refractivity contribution < 1.29 is 23.1 Å². The zero-order valence-corrected chi connectivity index (χ0v) is 17.5. The van der Waals surface area contributed by atoms with Crippen molar-refractivity contribution in [3.05, 3.63) is 88.4 Å². The summed E-state index contributed by atoms with van der Waals surface area (Å²) in [7, 11) is 0. The zero-order chi connectivity index (χ0) is 22.7. The third-order valence-electron chi connectivity index (χ3n) is 4.76. The largest absolute Gasteiger partial charge is 0.483 e. The summed E-state index contributed by atoms with van der Waals surface area (Å²) in [4.78, 5) is 26.2. The van der Waals surface area contributed by atoms with Gasteiger partial charge >= 0.3 is 6.03 Å². The number of hydrogen-bond donors (Lipinski definition) is 2. The highest BCUT2D eigenvalue weighted by molar-refractivity contribution is 6.30. The minimum Gasteiger partial charge on any atom is -0.483 e. The van der Waals surface area contributed by atoms with Crippen molar-refractivity contribution in [3.63, 3.8) is 0 Å². The smallest absolute Gasteiger partial charge is 0.323 e. The van der Waals surface area contributed by atoms with Gasteiger partial charge in [0.2, 0.25) is 0 Å². The molecular formula is C23H18ClF2N3O3. The molecule has 1 heterocycles. The molecule has 2 N–H and O–H groups in total. The molecule has 0 aromatic heterocycles. The van der Waals surface area contributed by atoms with E-state index in [1.807, 2.05) is 0 Å². The van der Waals surface area contributed by atoms with Gasteiger partial charge in [0.1, 0.15) is 17.4 Å². The van der Waals surface area contributed by atoms with Crippen LogP contribution in [-0.4, -0.2) is 23.4 Å². The van der Waals surface area contributed by atoms with Gasteiger partial charge in [-0.15, -0.1) is 0 Å². The molecule has 0 saturated heterocycles. The molecule has 0 unspecified atom stereocenters. The zero-order valence-electron chi connectivity index (χ0n) is 16.7. The molecule has 32 heavy (non-hydrogen) atoms. The quantitative estimate of drug-likeness (QED) is 0.567. The molecule has 9 heteroatoms. The predicted octanol–water partition coefficient (Wildman–Crippen LogP) is 5.18. The van der Waals surface area contributed by atoms with Gasteiger partial charge in [-0.3, -0.25) is 4.79 Å². The van der Waals surface area contributed by atoms with Crippen LogP contribution in [0.1, 0.15) is 11.1 Å². The maximum absolute atomic E-state index is 13.5.